The molecule has 5 rings (SSSR count). The Morgan fingerprint density at radius 3 is 2.71 bits per heavy atom. The lowest BCUT2D eigenvalue weighted by molar-refractivity contribution is -0.140. The van der Waals surface area contributed by atoms with Gasteiger partial charge in [-0.1, -0.05) is 29.5 Å². The standard InChI is InChI=1S/C26H26N4O3S.BrH/c1-32-17-12-10-16(11-13-17)24-22(14-15-23(31)33-2)34-26(28-24)30-29-21-9-5-7-19-18-6-3-4-8-20(18)27-25(19)21;/h3-4,6,8,10-13,27H,5,7,9,14-15H2,1-2H3,(H,28,30);1H/b29-21-;. The van der Waals surface area contributed by atoms with Crippen molar-refractivity contribution in [2.75, 3.05) is 19.6 Å². The molecular weight excluding hydrogens is 528 g/mol. The fourth-order valence-electron chi connectivity index (χ4n) is 4.35. The number of aromatic nitrogens is 2. The lowest BCUT2D eigenvalue weighted by atomic mass is 9.94. The smallest absolute Gasteiger partial charge is 0.305 e. The van der Waals surface area contributed by atoms with E-state index in [1.807, 2.05) is 30.3 Å². The average molecular weight is 555 g/mol. The van der Waals surface area contributed by atoms with E-state index in [2.05, 4.69) is 28.6 Å². The van der Waals surface area contributed by atoms with Crippen LogP contribution in [0.15, 0.2) is 53.6 Å². The van der Waals surface area contributed by atoms with Crippen molar-refractivity contribution in [1.29, 1.82) is 0 Å². The second-order valence-corrected chi connectivity index (χ2v) is 9.23. The van der Waals surface area contributed by atoms with Crippen molar-refractivity contribution in [1.82, 2.24) is 9.97 Å². The van der Waals surface area contributed by atoms with E-state index < -0.39 is 0 Å². The number of carbonyl (C=O) groups is 1. The molecule has 0 atom stereocenters. The van der Waals surface area contributed by atoms with Gasteiger partial charge in [0, 0.05) is 21.3 Å². The van der Waals surface area contributed by atoms with Gasteiger partial charge in [0.25, 0.3) is 0 Å². The summed E-state index contributed by atoms with van der Waals surface area (Å²) in [6.07, 6.45) is 3.87. The molecule has 0 amide bonds. The molecule has 0 bridgehead atoms. The van der Waals surface area contributed by atoms with Crippen LogP contribution in [0.3, 0.4) is 0 Å². The largest absolute Gasteiger partial charge is 0.497 e. The molecule has 4 aromatic rings. The van der Waals surface area contributed by atoms with Crippen molar-refractivity contribution in [2.24, 2.45) is 5.10 Å². The van der Waals surface area contributed by atoms with Crippen LogP contribution in [0.1, 0.15) is 35.4 Å². The Kier molecular flexibility index (Phi) is 7.87. The lowest BCUT2D eigenvalue weighted by Gasteiger charge is -2.13. The van der Waals surface area contributed by atoms with E-state index in [0.717, 1.165) is 58.1 Å². The first-order chi connectivity index (χ1) is 16.7. The topological polar surface area (TPSA) is 88.6 Å². The summed E-state index contributed by atoms with van der Waals surface area (Å²) in [5.41, 5.74) is 9.59. The molecule has 2 N–H and O–H groups in total. The predicted octanol–water partition coefficient (Wildman–Crippen LogP) is 6.14. The molecule has 0 unspecified atom stereocenters. The number of aromatic amines is 1. The Morgan fingerprint density at radius 1 is 1.14 bits per heavy atom. The molecule has 2 aromatic carbocycles. The van der Waals surface area contributed by atoms with E-state index in [4.69, 9.17) is 19.6 Å². The van der Waals surface area contributed by atoms with Gasteiger partial charge in [-0.25, -0.2) is 4.98 Å². The van der Waals surface area contributed by atoms with Gasteiger partial charge in [-0.05, 0) is 61.6 Å². The first-order valence-corrected chi connectivity index (χ1v) is 12.1. The first kappa shape index (κ1) is 24.9. The summed E-state index contributed by atoms with van der Waals surface area (Å²) in [6, 6.07) is 16.2. The number of methoxy groups -OCH3 is 2. The number of ether oxygens (including phenoxy) is 2. The zero-order chi connectivity index (χ0) is 23.5. The highest BCUT2D eigenvalue weighted by Crippen LogP contribution is 2.34. The quantitative estimate of drug-likeness (QED) is 0.211. The molecule has 0 saturated carbocycles. The van der Waals surface area contributed by atoms with Gasteiger partial charge < -0.3 is 14.5 Å². The number of thiazole rings is 1. The van der Waals surface area contributed by atoms with Crippen molar-refractivity contribution in [3.05, 3.63) is 64.7 Å². The number of hydrogen-bond acceptors (Lipinski definition) is 7. The fourth-order valence-corrected chi connectivity index (χ4v) is 5.28. The van der Waals surface area contributed by atoms with Crippen LogP contribution in [0.25, 0.3) is 22.2 Å². The molecule has 1 aliphatic rings. The normalized spacial score (nSPS) is 13.8. The van der Waals surface area contributed by atoms with Gasteiger partial charge in [0.05, 0.1) is 37.7 Å². The third-order valence-electron chi connectivity index (χ3n) is 6.07. The Labute approximate surface area is 218 Å². The number of hydrogen-bond donors (Lipinski definition) is 2. The highest BCUT2D eigenvalue weighted by Gasteiger charge is 2.21. The number of benzene rings is 2. The molecule has 0 spiro atoms. The zero-order valence-electron chi connectivity index (χ0n) is 19.6. The lowest BCUT2D eigenvalue weighted by Crippen LogP contribution is -2.13. The first-order valence-electron chi connectivity index (χ1n) is 11.3. The van der Waals surface area contributed by atoms with Crippen molar-refractivity contribution in [3.63, 3.8) is 0 Å². The fraction of sp³-hybridized carbons (Fsp3) is 0.269. The maximum absolute atomic E-state index is 11.8. The SMILES string of the molecule is Br.COC(=O)CCc1sc(N/N=C2/CCCc3c2[nH]c2ccccc32)nc1-c1ccc(OC)cc1. The van der Waals surface area contributed by atoms with Gasteiger partial charge in [-0.15, -0.1) is 17.0 Å². The molecule has 9 heteroatoms. The van der Waals surface area contributed by atoms with Crippen molar-refractivity contribution < 1.29 is 14.3 Å². The van der Waals surface area contributed by atoms with Gasteiger partial charge in [-0.3, -0.25) is 10.2 Å². The summed E-state index contributed by atoms with van der Waals surface area (Å²) in [4.78, 5) is 21.1. The van der Waals surface area contributed by atoms with E-state index in [1.165, 1.54) is 29.4 Å². The van der Waals surface area contributed by atoms with E-state index in [9.17, 15) is 4.79 Å². The summed E-state index contributed by atoms with van der Waals surface area (Å²) in [5, 5.41) is 6.71. The van der Waals surface area contributed by atoms with Gasteiger partial charge in [0.15, 0.2) is 0 Å². The number of halogens is 1. The Bertz CT molecular complexity index is 1360. The van der Waals surface area contributed by atoms with E-state index >= 15 is 0 Å². The Morgan fingerprint density at radius 2 is 1.94 bits per heavy atom. The number of fused-ring (bicyclic) bond motifs is 3. The minimum Gasteiger partial charge on any atom is -0.497 e. The number of esters is 1. The second-order valence-electron chi connectivity index (χ2n) is 8.14. The number of hydrazone groups is 1. The van der Waals surface area contributed by atoms with E-state index in [1.54, 1.807) is 7.11 Å². The summed E-state index contributed by atoms with van der Waals surface area (Å²) in [7, 11) is 3.05. The monoisotopic (exact) mass is 554 g/mol. The third-order valence-corrected chi connectivity index (χ3v) is 7.09. The molecule has 35 heavy (non-hydrogen) atoms. The molecule has 0 aliphatic heterocycles. The number of H-pyrrole nitrogens is 1. The minimum atomic E-state index is -0.239. The third kappa shape index (κ3) is 5.26. The van der Waals surface area contributed by atoms with Crippen LogP contribution in [0.5, 0.6) is 5.75 Å². The molecule has 0 saturated heterocycles. The van der Waals surface area contributed by atoms with Crippen LogP contribution >= 0.6 is 28.3 Å². The molecule has 7 nitrogen and oxygen atoms in total. The van der Waals surface area contributed by atoms with Crippen molar-refractivity contribution in [2.45, 2.75) is 32.1 Å². The maximum atomic E-state index is 11.8. The number of rotatable bonds is 7. The van der Waals surface area contributed by atoms with Crippen molar-refractivity contribution >= 4 is 56.0 Å². The van der Waals surface area contributed by atoms with E-state index in [-0.39, 0.29) is 23.0 Å². The summed E-state index contributed by atoms with van der Waals surface area (Å²) < 4.78 is 10.1. The molecule has 182 valence electrons. The summed E-state index contributed by atoms with van der Waals surface area (Å²) >= 11 is 1.51. The number of aryl methyl sites for hydroxylation is 2. The van der Waals surface area contributed by atoms with Crippen LogP contribution in [0, 0.1) is 0 Å². The highest BCUT2D eigenvalue weighted by atomic mass is 79.9. The highest BCUT2D eigenvalue weighted by molar-refractivity contribution is 8.93. The number of carbonyl (C=O) groups excluding carboxylic acids is 1. The second kappa shape index (κ2) is 11.0. The van der Waals surface area contributed by atoms with Crippen LogP contribution in [-0.4, -0.2) is 35.9 Å². The average Bonchev–Trinajstić information content (AvgIpc) is 3.47. The van der Waals surface area contributed by atoms with Gasteiger partial charge in [-0.2, -0.15) is 5.10 Å². The van der Waals surface area contributed by atoms with E-state index in [0.29, 0.717) is 18.0 Å². The van der Waals surface area contributed by atoms with Gasteiger partial charge in [0.1, 0.15) is 5.75 Å². The predicted molar refractivity (Wildman–Crippen MR) is 146 cm³/mol. The molecule has 0 radical (unpaired) electrons. The molecule has 1 aliphatic carbocycles. The zero-order valence-corrected chi connectivity index (χ0v) is 22.1. The maximum Gasteiger partial charge on any atom is 0.305 e. The van der Waals surface area contributed by atoms with Crippen LogP contribution in [-0.2, 0) is 22.4 Å². The molecule has 2 aromatic heterocycles. The molecule has 2 heterocycles. The molecular formula is C26H27BrN4O3S. The summed E-state index contributed by atoms with van der Waals surface area (Å²) in [5.74, 6) is 0.545. The summed E-state index contributed by atoms with van der Waals surface area (Å²) in [6.45, 7) is 0. The molecule has 0 fully saturated rings. The minimum absolute atomic E-state index is 0. The van der Waals surface area contributed by atoms with Gasteiger partial charge in [0.2, 0.25) is 5.13 Å². The number of anilines is 1. The van der Waals surface area contributed by atoms with Crippen molar-refractivity contribution in [3.8, 4) is 17.0 Å². The Hall–Kier alpha value is -3.17. The van der Waals surface area contributed by atoms with Crippen LogP contribution in [0.2, 0.25) is 0 Å². The van der Waals surface area contributed by atoms with Crippen LogP contribution < -0.4 is 10.2 Å². The number of nitrogens with zero attached hydrogens (tertiary/aromatic N) is 2. The number of nitrogens with one attached hydrogen (secondary N) is 2. The van der Waals surface area contributed by atoms with Crippen LogP contribution in [0.4, 0.5) is 5.13 Å². The van der Waals surface area contributed by atoms with Gasteiger partial charge >= 0.3 is 5.97 Å². The number of para-hydroxylation sites is 1. The Balaban J connectivity index is 0.00000289.